The Kier molecular flexibility index (Phi) is 7.01. The molecule has 4 rings (SSSR count). The number of nitrogens with zero attached hydrogens (tertiary/aromatic N) is 2. The third-order valence-corrected chi connectivity index (χ3v) is 5.60. The lowest BCUT2D eigenvalue weighted by Gasteiger charge is -2.32. The van der Waals surface area contributed by atoms with Crippen molar-refractivity contribution < 1.29 is 4.74 Å². The Morgan fingerprint density at radius 1 is 0.767 bits per heavy atom. The van der Waals surface area contributed by atoms with Crippen LogP contribution in [0.25, 0.3) is 0 Å². The second-order valence-corrected chi connectivity index (χ2v) is 8.05. The molecule has 0 amide bonds. The maximum Gasteiger partial charge on any atom is 0.119 e. The van der Waals surface area contributed by atoms with Gasteiger partial charge in [0.25, 0.3) is 0 Å². The summed E-state index contributed by atoms with van der Waals surface area (Å²) >= 11 is 0. The van der Waals surface area contributed by atoms with E-state index in [9.17, 15) is 0 Å². The Morgan fingerprint density at radius 3 is 2.27 bits per heavy atom. The van der Waals surface area contributed by atoms with Crippen LogP contribution in [0.4, 0.5) is 5.69 Å². The van der Waals surface area contributed by atoms with Crippen LogP contribution in [0, 0.1) is 0 Å². The van der Waals surface area contributed by atoms with Gasteiger partial charge in [0.15, 0.2) is 0 Å². The molecule has 156 valence electrons. The highest BCUT2D eigenvalue weighted by atomic mass is 16.5. The van der Waals surface area contributed by atoms with E-state index in [2.05, 4.69) is 70.7 Å². The number of anilines is 1. The summed E-state index contributed by atoms with van der Waals surface area (Å²) in [6.45, 7) is 7.03. The van der Waals surface area contributed by atoms with E-state index in [-0.39, 0.29) is 0 Å². The molecule has 3 aromatic carbocycles. The summed E-state index contributed by atoms with van der Waals surface area (Å²) in [6.07, 6.45) is 0. The van der Waals surface area contributed by atoms with Crippen LogP contribution < -0.4 is 10.1 Å². The molecule has 1 heterocycles. The molecule has 3 aromatic rings. The van der Waals surface area contributed by atoms with E-state index in [1.807, 2.05) is 30.3 Å². The van der Waals surface area contributed by atoms with Crippen molar-refractivity contribution in [3.05, 3.63) is 95.6 Å². The van der Waals surface area contributed by atoms with Crippen LogP contribution in [-0.2, 0) is 19.7 Å². The Labute approximate surface area is 180 Å². The van der Waals surface area contributed by atoms with Crippen LogP contribution >= 0.6 is 0 Å². The molecule has 1 N–H and O–H groups in total. The van der Waals surface area contributed by atoms with Crippen molar-refractivity contribution in [2.75, 3.05) is 38.5 Å². The summed E-state index contributed by atoms with van der Waals surface area (Å²) in [5, 5.41) is 3.56. The average Bonchev–Trinajstić information content (AvgIpc) is 2.79. The first-order valence-electron chi connectivity index (χ1n) is 10.7. The second kappa shape index (κ2) is 10.3. The topological polar surface area (TPSA) is 27.7 Å². The standard InChI is InChI=1S/C26H31N3O/c1-28-14-16-29(17-15-28)20-24-8-5-9-25(18-24)27-19-22-10-12-26(13-11-22)30-21-23-6-3-2-4-7-23/h2-13,18,27H,14-17,19-21H2,1H3. The Balaban J connectivity index is 1.26. The molecule has 4 nitrogen and oxygen atoms in total. The summed E-state index contributed by atoms with van der Waals surface area (Å²) in [5.41, 5.74) is 4.96. The van der Waals surface area contributed by atoms with Crippen LogP contribution in [-0.4, -0.2) is 43.0 Å². The Bertz CT molecular complexity index is 903. The largest absolute Gasteiger partial charge is 0.489 e. The monoisotopic (exact) mass is 401 g/mol. The van der Waals surface area contributed by atoms with Crippen molar-refractivity contribution in [1.29, 1.82) is 0 Å². The number of hydrogen-bond donors (Lipinski definition) is 1. The molecule has 0 aromatic heterocycles. The van der Waals surface area contributed by atoms with Gasteiger partial charge in [-0.1, -0.05) is 54.6 Å². The lowest BCUT2D eigenvalue weighted by molar-refractivity contribution is 0.148. The third kappa shape index (κ3) is 6.09. The zero-order valence-electron chi connectivity index (χ0n) is 17.8. The fourth-order valence-electron chi connectivity index (χ4n) is 3.69. The minimum Gasteiger partial charge on any atom is -0.489 e. The van der Waals surface area contributed by atoms with E-state index in [0.717, 1.165) is 45.0 Å². The lowest BCUT2D eigenvalue weighted by Crippen LogP contribution is -2.43. The highest BCUT2D eigenvalue weighted by Gasteiger charge is 2.13. The molecule has 0 bridgehead atoms. The molecule has 0 aliphatic carbocycles. The van der Waals surface area contributed by atoms with Gasteiger partial charge in [-0.05, 0) is 48.0 Å². The van der Waals surface area contributed by atoms with Crippen LogP contribution in [0.2, 0.25) is 0 Å². The highest BCUT2D eigenvalue weighted by Crippen LogP contribution is 2.17. The molecule has 0 atom stereocenters. The maximum atomic E-state index is 5.88. The van der Waals surface area contributed by atoms with Gasteiger partial charge < -0.3 is 15.0 Å². The van der Waals surface area contributed by atoms with Crippen molar-refractivity contribution in [3.8, 4) is 5.75 Å². The van der Waals surface area contributed by atoms with Gasteiger partial charge in [0.05, 0.1) is 0 Å². The summed E-state index contributed by atoms with van der Waals surface area (Å²) in [6, 6.07) is 27.4. The van der Waals surface area contributed by atoms with Crippen LogP contribution in [0.3, 0.4) is 0 Å². The van der Waals surface area contributed by atoms with Crippen molar-refractivity contribution >= 4 is 5.69 Å². The molecular formula is C26H31N3O. The number of rotatable bonds is 8. The first-order valence-corrected chi connectivity index (χ1v) is 10.7. The van der Waals surface area contributed by atoms with Crippen molar-refractivity contribution in [2.45, 2.75) is 19.7 Å². The van der Waals surface area contributed by atoms with Crippen molar-refractivity contribution in [2.24, 2.45) is 0 Å². The number of hydrogen-bond acceptors (Lipinski definition) is 4. The van der Waals surface area contributed by atoms with E-state index in [1.165, 1.54) is 22.4 Å². The quantitative estimate of drug-likeness (QED) is 0.596. The van der Waals surface area contributed by atoms with Gasteiger partial charge in [-0.2, -0.15) is 0 Å². The normalized spacial score (nSPS) is 15.1. The molecule has 4 heteroatoms. The van der Waals surface area contributed by atoms with E-state index in [4.69, 9.17) is 4.74 Å². The fourth-order valence-corrected chi connectivity index (χ4v) is 3.69. The number of benzene rings is 3. The van der Waals surface area contributed by atoms with Crippen LogP contribution in [0.5, 0.6) is 5.75 Å². The predicted octanol–water partition coefficient (Wildman–Crippen LogP) is 4.63. The third-order valence-electron chi connectivity index (χ3n) is 5.60. The molecule has 0 radical (unpaired) electrons. The first kappa shape index (κ1) is 20.5. The molecule has 30 heavy (non-hydrogen) atoms. The van der Waals surface area contributed by atoms with Crippen LogP contribution in [0.1, 0.15) is 16.7 Å². The Hall–Kier alpha value is -2.82. The SMILES string of the molecule is CN1CCN(Cc2cccc(NCc3ccc(OCc4ccccc4)cc3)c2)CC1. The van der Waals surface area contributed by atoms with E-state index in [0.29, 0.717) is 6.61 Å². The highest BCUT2D eigenvalue weighted by molar-refractivity contribution is 5.46. The molecule has 1 aliphatic heterocycles. The minimum atomic E-state index is 0.596. The maximum absolute atomic E-state index is 5.88. The summed E-state index contributed by atoms with van der Waals surface area (Å²) in [5.74, 6) is 0.900. The van der Waals surface area contributed by atoms with Gasteiger partial charge in [0.2, 0.25) is 0 Å². The molecule has 0 saturated carbocycles. The van der Waals surface area contributed by atoms with Crippen molar-refractivity contribution in [1.82, 2.24) is 9.80 Å². The van der Waals surface area contributed by atoms with Gasteiger partial charge >= 0.3 is 0 Å². The van der Waals surface area contributed by atoms with E-state index >= 15 is 0 Å². The van der Waals surface area contributed by atoms with Gasteiger partial charge in [-0.15, -0.1) is 0 Å². The average molecular weight is 402 g/mol. The molecule has 1 fully saturated rings. The van der Waals surface area contributed by atoms with E-state index in [1.54, 1.807) is 0 Å². The van der Waals surface area contributed by atoms with Crippen LogP contribution in [0.15, 0.2) is 78.9 Å². The fraction of sp³-hybridized carbons (Fsp3) is 0.308. The number of likely N-dealkylation sites (N-methyl/N-ethyl adjacent to an activating group) is 1. The van der Waals surface area contributed by atoms with Crippen molar-refractivity contribution in [3.63, 3.8) is 0 Å². The zero-order chi connectivity index (χ0) is 20.6. The molecule has 1 saturated heterocycles. The zero-order valence-corrected chi connectivity index (χ0v) is 17.8. The number of ether oxygens (including phenoxy) is 1. The second-order valence-electron chi connectivity index (χ2n) is 8.05. The first-order chi connectivity index (χ1) is 14.7. The molecule has 0 spiro atoms. The predicted molar refractivity (Wildman–Crippen MR) is 124 cm³/mol. The minimum absolute atomic E-state index is 0.596. The smallest absolute Gasteiger partial charge is 0.119 e. The molecule has 1 aliphatic rings. The summed E-state index contributed by atoms with van der Waals surface area (Å²) in [7, 11) is 2.20. The van der Waals surface area contributed by atoms with Gasteiger partial charge in [0, 0.05) is 45.0 Å². The number of nitrogens with one attached hydrogen (secondary N) is 1. The summed E-state index contributed by atoms with van der Waals surface area (Å²) < 4.78 is 5.88. The Morgan fingerprint density at radius 2 is 1.50 bits per heavy atom. The van der Waals surface area contributed by atoms with E-state index < -0.39 is 0 Å². The molecular weight excluding hydrogens is 370 g/mol. The van der Waals surface area contributed by atoms with Gasteiger partial charge in [0.1, 0.15) is 12.4 Å². The van der Waals surface area contributed by atoms with Gasteiger partial charge in [-0.25, -0.2) is 0 Å². The molecule has 0 unspecified atom stereocenters. The number of piperazine rings is 1. The van der Waals surface area contributed by atoms with Gasteiger partial charge in [-0.3, -0.25) is 4.90 Å². The summed E-state index contributed by atoms with van der Waals surface area (Å²) in [4.78, 5) is 4.93. The lowest BCUT2D eigenvalue weighted by atomic mass is 10.1.